The van der Waals surface area contributed by atoms with Crippen LogP contribution in [0.25, 0.3) is 0 Å². The summed E-state index contributed by atoms with van der Waals surface area (Å²) in [5.41, 5.74) is 0. The molecule has 86 valence electrons. The number of rotatable bonds is 3. The molecule has 2 nitrogen and oxygen atoms in total. The summed E-state index contributed by atoms with van der Waals surface area (Å²) in [5, 5.41) is 12.4. The van der Waals surface area contributed by atoms with Crippen molar-refractivity contribution in [2.24, 2.45) is 0 Å². The summed E-state index contributed by atoms with van der Waals surface area (Å²) < 4.78 is 0. The van der Waals surface area contributed by atoms with Gasteiger partial charge in [-0.2, -0.15) is 17.0 Å². The van der Waals surface area contributed by atoms with Crippen molar-refractivity contribution in [3.05, 3.63) is 21.9 Å². The van der Waals surface area contributed by atoms with E-state index in [9.17, 15) is 0 Å². The molecular formula is C12H16N2S2. The molecule has 0 aliphatic carbocycles. The van der Waals surface area contributed by atoms with Gasteiger partial charge < -0.3 is 5.32 Å². The fourth-order valence-electron chi connectivity index (χ4n) is 1.95. The van der Waals surface area contributed by atoms with E-state index in [2.05, 4.69) is 24.4 Å². The summed E-state index contributed by atoms with van der Waals surface area (Å²) >= 11 is 3.64. The van der Waals surface area contributed by atoms with Gasteiger partial charge in [-0.25, -0.2) is 0 Å². The lowest BCUT2D eigenvalue weighted by atomic mass is 10.1. The standard InChI is InChI=1S/C12H16N2S2/c1-9(12-5-4-11(7-13)16-12)14-10-3-2-6-15-8-10/h4-5,9-10,14H,2-3,6,8H2,1H3. The highest BCUT2D eigenvalue weighted by atomic mass is 32.2. The number of nitriles is 1. The Balaban J connectivity index is 1.91. The third-order valence-corrected chi connectivity index (χ3v) is 5.20. The number of thioether (sulfide) groups is 1. The highest BCUT2D eigenvalue weighted by molar-refractivity contribution is 7.99. The maximum atomic E-state index is 8.79. The first kappa shape index (κ1) is 12.0. The van der Waals surface area contributed by atoms with Crippen LogP contribution in [-0.2, 0) is 0 Å². The zero-order valence-corrected chi connectivity index (χ0v) is 11.0. The van der Waals surface area contributed by atoms with Crippen LogP contribution < -0.4 is 5.32 Å². The minimum atomic E-state index is 0.371. The average molecular weight is 252 g/mol. The first-order chi connectivity index (χ1) is 7.79. The molecule has 0 aromatic carbocycles. The van der Waals surface area contributed by atoms with Crippen LogP contribution in [-0.4, -0.2) is 17.5 Å². The van der Waals surface area contributed by atoms with E-state index in [4.69, 9.17) is 5.26 Å². The highest BCUT2D eigenvalue weighted by Gasteiger charge is 2.17. The second-order valence-electron chi connectivity index (χ2n) is 4.12. The summed E-state index contributed by atoms with van der Waals surface area (Å²) in [6.07, 6.45) is 2.61. The molecule has 1 N–H and O–H groups in total. The Kier molecular flexibility index (Phi) is 4.28. The van der Waals surface area contributed by atoms with E-state index in [1.54, 1.807) is 11.3 Å². The summed E-state index contributed by atoms with van der Waals surface area (Å²) in [5.74, 6) is 2.53. The number of nitrogens with zero attached hydrogens (tertiary/aromatic N) is 1. The highest BCUT2D eigenvalue weighted by Crippen LogP contribution is 2.25. The first-order valence-corrected chi connectivity index (χ1v) is 7.60. The van der Waals surface area contributed by atoms with Crippen LogP contribution >= 0.6 is 23.1 Å². The molecule has 0 bridgehead atoms. The van der Waals surface area contributed by atoms with E-state index in [0.717, 1.165) is 4.88 Å². The molecule has 1 aromatic heterocycles. The molecule has 16 heavy (non-hydrogen) atoms. The van der Waals surface area contributed by atoms with Gasteiger partial charge in [0.2, 0.25) is 0 Å². The lowest BCUT2D eigenvalue weighted by molar-refractivity contribution is 0.456. The van der Waals surface area contributed by atoms with Crippen molar-refractivity contribution in [1.29, 1.82) is 5.26 Å². The molecule has 1 saturated heterocycles. The molecular weight excluding hydrogens is 236 g/mol. The molecule has 1 aromatic rings. The summed E-state index contributed by atoms with van der Waals surface area (Å²) in [6.45, 7) is 2.19. The fourth-order valence-corrected chi connectivity index (χ4v) is 3.85. The molecule has 4 heteroatoms. The maximum Gasteiger partial charge on any atom is 0.110 e. The Hall–Kier alpha value is -0.500. The van der Waals surface area contributed by atoms with E-state index in [1.807, 2.05) is 17.8 Å². The minimum absolute atomic E-state index is 0.371. The minimum Gasteiger partial charge on any atom is -0.306 e. The van der Waals surface area contributed by atoms with Crippen molar-refractivity contribution >= 4 is 23.1 Å². The Labute approximate surface area is 105 Å². The molecule has 0 saturated carbocycles. The molecule has 2 unspecified atom stereocenters. The Morgan fingerprint density at radius 2 is 2.44 bits per heavy atom. The third-order valence-electron chi connectivity index (χ3n) is 2.81. The van der Waals surface area contributed by atoms with Crippen LogP contribution in [0.1, 0.15) is 35.6 Å². The molecule has 0 radical (unpaired) electrons. The summed E-state index contributed by atoms with van der Waals surface area (Å²) in [6, 6.07) is 7.18. The van der Waals surface area contributed by atoms with Gasteiger partial charge >= 0.3 is 0 Å². The topological polar surface area (TPSA) is 35.8 Å². The molecule has 0 spiro atoms. The van der Waals surface area contributed by atoms with E-state index in [0.29, 0.717) is 12.1 Å². The van der Waals surface area contributed by atoms with Crippen LogP contribution in [0, 0.1) is 11.3 Å². The van der Waals surface area contributed by atoms with Gasteiger partial charge in [-0.05, 0) is 37.7 Å². The second kappa shape index (κ2) is 5.72. The summed E-state index contributed by atoms with van der Waals surface area (Å²) in [4.78, 5) is 2.08. The second-order valence-corrected chi connectivity index (χ2v) is 6.38. The largest absolute Gasteiger partial charge is 0.306 e. The van der Waals surface area contributed by atoms with Crippen LogP contribution in [0.15, 0.2) is 12.1 Å². The molecule has 2 atom stereocenters. The smallest absolute Gasteiger partial charge is 0.110 e. The van der Waals surface area contributed by atoms with Crippen molar-refractivity contribution in [2.45, 2.75) is 31.8 Å². The predicted molar refractivity (Wildman–Crippen MR) is 70.9 cm³/mol. The molecule has 1 aliphatic heterocycles. The molecule has 0 amide bonds. The number of thiophene rings is 1. The quantitative estimate of drug-likeness (QED) is 0.897. The SMILES string of the molecule is CC(NC1CCCSC1)c1ccc(C#N)s1. The summed E-state index contributed by atoms with van der Waals surface area (Å²) in [7, 11) is 0. The number of hydrogen-bond donors (Lipinski definition) is 1. The Morgan fingerprint density at radius 1 is 1.56 bits per heavy atom. The van der Waals surface area contributed by atoms with Crippen LogP contribution in [0.3, 0.4) is 0 Å². The lowest BCUT2D eigenvalue weighted by Gasteiger charge is -2.25. The van der Waals surface area contributed by atoms with E-state index in [-0.39, 0.29) is 0 Å². The molecule has 2 rings (SSSR count). The van der Waals surface area contributed by atoms with Gasteiger partial charge in [0.1, 0.15) is 10.9 Å². The van der Waals surface area contributed by atoms with Gasteiger partial charge in [-0.1, -0.05) is 0 Å². The van der Waals surface area contributed by atoms with Crippen LogP contribution in [0.5, 0.6) is 0 Å². The van der Waals surface area contributed by atoms with Crippen molar-refractivity contribution in [3.63, 3.8) is 0 Å². The Bertz CT molecular complexity index is 375. The monoisotopic (exact) mass is 252 g/mol. The van der Waals surface area contributed by atoms with Gasteiger partial charge in [-0.15, -0.1) is 11.3 Å². The van der Waals surface area contributed by atoms with Gasteiger partial charge in [0, 0.05) is 22.7 Å². The first-order valence-electron chi connectivity index (χ1n) is 5.63. The van der Waals surface area contributed by atoms with E-state index < -0.39 is 0 Å². The maximum absolute atomic E-state index is 8.79. The normalized spacial score (nSPS) is 22.6. The predicted octanol–water partition coefficient (Wildman–Crippen LogP) is 3.17. The van der Waals surface area contributed by atoms with Gasteiger partial charge in [0.05, 0.1) is 0 Å². The van der Waals surface area contributed by atoms with Gasteiger partial charge in [0.25, 0.3) is 0 Å². The van der Waals surface area contributed by atoms with Crippen molar-refractivity contribution in [2.75, 3.05) is 11.5 Å². The molecule has 1 fully saturated rings. The Morgan fingerprint density at radius 3 is 3.06 bits per heavy atom. The number of nitrogens with one attached hydrogen (secondary N) is 1. The van der Waals surface area contributed by atoms with Crippen molar-refractivity contribution in [3.8, 4) is 6.07 Å². The lowest BCUT2D eigenvalue weighted by Crippen LogP contribution is -2.35. The van der Waals surface area contributed by atoms with E-state index in [1.165, 1.54) is 29.2 Å². The third kappa shape index (κ3) is 3.00. The zero-order chi connectivity index (χ0) is 11.4. The van der Waals surface area contributed by atoms with E-state index >= 15 is 0 Å². The molecule has 2 heterocycles. The van der Waals surface area contributed by atoms with Crippen LogP contribution in [0.4, 0.5) is 0 Å². The average Bonchev–Trinajstić information content (AvgIpc) is 2.79. The van der Waals surface area contributed by atoms with Gasteiger partial charge in [0.15, 0.2) is 0 Å². The fraction of sp³-hybridized carbons (Fsp3) is 0.583. The number of hydrogen-bond acceptors (Lipinski definition) is 4. The van der Waals surface area contributed by atoms with Crippen molar-refractivity contribution in [1.82, 2.24) is 5.32 Å². The van der Waals surface area contributed by atoms with Crippen LogP contribution in [0.2, 0.25) is 0 Å². The molecule has 1 aliphatic rings. The zero-order valence-electron chi connectivity index (χ0n) is 9.40. The van der Waals surface area contributed by atoms with Crippen molar-refractivity contribution < 1.29 is 0 Å². The van der Waals surface area contributed by atoms with Gasteiger partial charge in [-0.3, -0.25) is 0 Å².